The monoisotopic (exact) mass is 282 g/mol. The minimum atomic E-state index is -0.622. The van der Waals surface area contributed by atoms with Gasteiger partial charge >= 0.3 is 0 Å². The van der Waals surface area contributed by atoms with Crippen molar-refractivity contribution < 1.29 is 9.59 Å². The number of nitrogens with one attached hydrogen (secondary N) is 2. The summed E-state index contributed by atoms with van der Waals surface area (Å²) in [4.78, 5) is 23.8. The van der Waals surface area contributed by atoms with Crippen molar-refractivity contribution in [3.63, 3.8) is 0 Å². The fraction of sp³-hybridized carbons (Fsp3) is 0.429. The molecular formula is C14H19ClN2O2. The third-order valence-electron chi connectivity index (χ3n) is 2.36. The second-order valence-electron chi connectivity index (χ2n) is 5.41. The maximum absolute atomic E-state index is 12.0. The molecule has 0 aliphatic carbocycles. The van der Waals surface area contributed by atoms with Gasteiger partial charge in [-0.3, -0.25) is 9.59 Å². The zero-order valence-electron chi connectivity index (χ0n) is 11.6. The number of hydrogen-bond acceptors (Lipinski definition) is 2. The molecule has 1 aromatic carbocycles. The molecule has 4 nitrogen and oxygen atoms in total. The van der Waals surface area contributed by atoms with E-state index in [0.29, 0.717) is 10.6 Å². The molecule has 1 unspecified atom stereocenters. The molecule has 2 amide bonds. The van der Waals surface area contributed by atoms with Gasteiger partial charge in [0.1, 0.15) is 6.04 Å². The van der Waals surface area contributed by atoms with Crippen molar-refractivity contribution in [3.8, 4) is 0 Å². The molecule has 0 saturated heterocycles. The Morgan fingerprint density at radius 2 is 1.79 bits per heavy atom. The van der Waals surface area contributed by atoms with Crippen molar-refractivity contribution in [1.29, 1.82) is 0 Å². The highest BCUT2D eigenvalue weighted by Crippen LogP contribution is 2.14. The van der Waals surface area contributed by atoms with Crippen LogP contribution in [0.25, 0.3) is 0 Å². The van der Waals surface area contributed by atoms with Gasteiger partial charge in [0.15, 0.2) is 0 Å². The molecule has 0 aromatic heterocycles. The number of benzene rings is 1. The quantitative estimate of drug-likeness (QED) is 0.894. The first-order chi connectivity index (χ1) is 8.70. The van der Waals surface area contributed by atoms with Crippen LogP contribution in [0.5, 0.6) is 0 Å². The highest BCUT2D eigenvalue weighted by atomic mass is 35.5. The number of carbonyl (C=O) groups excluding carboxylic acids is 2. The summed E-state index contributed by atoms with van der Waals surface area (Å²) in [6, 6.07) is 6.10. The molecule has 0 aliphatic rings. The second kappa shape index (κ2) is 6.06. The molecule has 0 heterocycles. The normalized spacial score (nSPS) is 12.7. The summed E-state index contributed by atoms with van der Waals surface area (Å²) in [7, 11) is 0. The van der Waals surface area contributed by atoms with E-state index in [-0.39, 0.29) is 17.4 Å². The van der Waals surface area contributed by atoms with E-state index in [4.69, 9.17) is 11.6 Å². The third kappa shape index (κ3) is 4.91. The van der Waals surface area contributed by atoms with E-state index in [0.717, 1.165) is 0 Å². The molecule has 0 saturated carbocycles. The second-order valence-corrected chi connectivity index (χ2v) is 5.82. The maximum Gasteiger partial charge on any atom is 0.253 e. The fourth-order valence-electron chi connectivity index (χ4n) is 1.46. The van der Waals surface area contributed by atoms with Crippen LogP contribution in [0.2, 0.25) is 5.02 Å². The number of amides is 2. The van der Waals surface area contributed by atoms with Gasteiger partial charge in [0.05, 0.1) is 10.6 Å². The molecule has 5 heteroatoms. The molecule has 0 radical (unpaired) electrons. The van der Waals surface area contributed by atoms with E-state index in [1.54, 1.807) is 31.2 Å². The highest BCUT2D eigenvalue weighted by molar-refractivity contribution is 6.33. The van der Waals surface area contributed by atoms with Gasteiger partial charge in [-0.15, -0.1) is 0 Å². The summed E-state index contributed by atoms with van der Waals surface area (Å²) in [5.74, 6) is -0.588. The van der Waals surface area contributed by atoms with Gasteiger partial charge in [-0.25, -0.2) is 0 Å². The van der Waals surface area contributed by atoms with E-state index in [2.05, 4.69) is 10.6 Å². The molecule has 1 atom stereocenters. The Balaban J connectivity index is 2.67. The van der Waals surface area contributed by atoms with E-state index < -0.39 is 6.04 Å². The molecule has 19 heavy (non-hydrogen) atoms. The van der Waals surface area contributed by atoms with Crippen LogP contribution in [0.1, 0.15) is 38.1 Å². The number of hydrogen-bond donors (Lipinski definition) is 2. The van der Waals surface area contributed by atoms with Crippen LogP contribution in [0.4, 0.5) is 0 Å². The largest absolute Gasteiger partial charge is 0.350 e. The molecule has 2 N–H and O–H groups in total. The summed E-state index contributed by atoms with van der Waals surface area (Å²) in [6.45, 7) is 7.28. The van der Waals surface area contributed by atoms with Gasteiger partial charge in [-0.05, 0) is 39.8 Å². The van der Waals surface area contributed by atoms with Crippen LogP contribution in [0.15, 0.2) is 24.3 Å². The smallest absolute Gasteiger partial charge is 0.253 e. The van der Waals surface area contributed by atoms with E-state index in [1.165, 1.54) is 0 Å². The lowest BCUT2D eigenvalue weighted by Crippen LogP contribution is -2.50. The molecule has 0 bridgehead atoms. The summed E-state index contributed by atoms with van der Waals surface area (Å²) in [5, 5.41) is 5.79. The van der Waals surface area contributed by atoms with Gasteiger partial charge < -0.3 is 10.6 Å². The third-order valence-corrected chi connectivity index (χ3v) is 2.69. The number of carbonyl (C=O) groups is 2. The van der Waals surface area contributed by atoms with Crippen molar-refractivity contribution in [1.82, 2.24) is 10.6 Å². The Kier molecular flexibility index (Phi) is 4.95. The first-order valence-corrected chi connectivity index (χ1v) is 6.46. The zero-order valence-corrected chi connectivity index (χ0v) is 12.3. The van der Waals surface area contributed by atoms with Crippen LogP contribution in [0, 0.1) is 0 Å². The van der Waals surface area contributed by atoms with E-state index in [9.17, 15) is 9.59 Å². The maximum atomic E-state index is 12.0. The Morgan fingerprint density at radius 3 is 2.32 bits per heavy atom. The topological polar surface area (TPSA) is 58.2 Å². The summed E-state index contributed by atoms with van der Waals surface area (Å²) >= 11 is 5.93. The van der Waals surface area contributed by atoms with Crippen LogP contribution in [-0.4, -0.2) is 23.4 Å². The first kappa shape index (κ1) is 15.5. The Hall–Kier alpha value is -1.55. The highest BCUT2D eigenvalue weighted by Gasteiger charge is 2.21. The lowest BCUT2D eigenvalue weighted by Gasteiger charge is -2.23. The predicted octanol–water partition coefficient (Wildman–Crippen LogP) is 2.37. The lowest BCUT2D eigenvalue weighted by molar-refractivity contribution is -0.124. The van der Waals surface area contributed by atoms with E-state index in [1.807, 2.05) is 20.8 Å². The van der Waals surface area contributed by atoms with E-state index >= 15 is 0 Å². The predicted molar refractivity (Wildman–Crippen MR) is 76.3 cm³/mol. The molecular weight excluding hydrogens is 264 g/mol. The van der Waals surface area contributed by atoms with Crippen molar-refractivity contribution in [2.75, 3.05) is 0 Å². The lowest BCUT2D eigenvalue weighted by atomic mass is 10.1. The minimum Gasteiger partial charge on any atom is -0.350 e. The van der Waals surface area contributed by atoms with Gasteiger partial charge in [0, 0.05) is 5.54 Å². The van der Waals surface area contributed by atoms with Crippen molar-refractivity contribution >= 4 is 23.4 Å². The fourth-order valence-corrected chi connectivity index (χ4v) is 1.68. The average Bonchev–Trinajstić information content (AvgIpc) is 2.27. The molecule has 1 aromatic rings. The van der Waals surface area contributed by atoms with Crippen molar-refractivity contribution in [2.45, 2.75) is 39.3 Å². The van der Waals surface area contributed by atoms with Gasteiger partial charge in [0.25, 0.3) is 5.91 Å². The molecule has 104 valence electrons. The Bertz CT molecular complexity index is 481. The number of halogens is 1. The van der Waals surface area contributed by atoms with Crippen LogP contribution < -0.4 is 10.6 Å². The average molecular weight is 283 g/mol. The zero-order chi connectivity index (χ0) is 14.6. The first-order valence-electron chi connectivity index (χ1n) is 6.08. The Morgan fingerprint density at radius 1 is 1.21 bits per heavy atom. The standard InChI is InChI=1S/C14H19ClN2O2/c1-9(12(18)17-14(2,3)4)16-13(19)10-7-5-6-8-11(10)15/h5-9H,1-4H3,(H,16,19)(H,17,18). The van der Waals surface area contributed by atoms with Crippen molar-refractivity contribution in [2.24, 2.45) is 0 Å². The molecule has 1 rings (SSSR count). The van der Waals surface area contributed by atoms with Crippen LogP contribution in [0.3, 0.4) is 0 Å². The summed E-state index contributed by atoms with van der Waals surface area (Å²) in [5.41, 5.74) is 0.0278. The van der Waals surface area contributed by atoms with Crippen LogP contribution >= 0.6 is 11.6 Å². The molecule has 0 aliphatic heterocycles. The molecule has 0 fully saturated rings. The minimum absolute atomic E-state index is 0.229. The van der Waals surface area contributed by atoms with Gasteiger partial charge in [-0.1, -0.05) is 23.7 Å². The van der Waals surface area contributed by atoms with Gasteiger partial charge in [0.2, 0.25) is 5.91 Å². The van der Waals surface area contributed by atoms with Crippen molar-refractivity contribution in [3.05, 3.63) is 34.9 Å². The van der Waals surface area contributed by atoms with Gasteiger partial charge in [-0.2, -0.15) is 0 Å². The summed E-state index contributed by atoms with van der Waals surface area (Å²) in [6.07, 6.45) is 0. The number of rotatable bonds is 3. The Labute approximate surface area is 118 Å². The van der Waals surface area contributed by atoms with Crippen LogP contribution in [-0.2, 0) is 4.79 Å². The summed E-state index contributed by atoms with van der Waals surface area (Å²) < 4.78 is 0. The SMILES string of the molecule is CC(NC(=O)c1ccccc1Cl)C(=O)NC(C)(C)C. The molecule has 0 spiro atoms.